The molecule has 0 saturated heterocycles. The molecule has 4 rings (SSSR count). The first-order chi connectivity index (χ1) is 14.5. The normalized spacial score (nSPS) is 12.0. The zero-order valence-electron chi connectivity index (χ0n) is 16.8. The van der Waals surface area contributed by atoms with Gasteiger partial charge < -0.3 is 10.1 Å². The molecule has 30 heavy (non-hydrogen) atoms. The molecule has 6 heteroatoms. The van der Waals surface area contributed by atoms with E-state index in [2.05, 4.69) is 10.4 Å². The van der Waals surface area contributed by atoms with E-state index in [0.29, 0.717) is 17.1 Å². The van der Waals surface area contributed by atoms with E-state index in [1.54, 1.807) is 7.11 Å². The molecule has 0 radical (unpaired) electrons. The molecule has 152 valence electrons. The van der Waals surface area contributed by atoms with E-state index in [0.717, 1.165) is 27.8 Å². The average Bonchev–Trinajstić information content (AvgIpc) is 3.17. The lowest BCUT2D eigenvalue weighted by molar-refractivity contribution is 0.0940. The molecule has 1 atom stereocenters. The number of carbonyl (C=O) groups excluding carboxylic acids is 1. The van der Waals surface area contributed by atoms with Gasteiger partial charge in [0.15, 0.2) is 0 Å². The lowest BCUT2D eigenvalue weighted by Gasteiger charge is -2.15. The van der Waals surface area contributed by atoms with Gasteiger partial charge in [0.2, 0.25) is 0 Å². The third kappa shape index (κ3) is 4.31. The Morgan fingerprint density at radius 1 is 1.13 bits per heavy atom. The highest BCUT2D eigenvalue weighted by molar-refractivity contribution is 6.30. The van der Waals surface area contributed by atoms with Gasteiger partial charge in [0.25, 0.3) is 5.91 Å². The van der Waals surface area contributed by atoms with Crippen LogP contribution in [0.1, 0.15) is 34.5 Å². The first-order valence-corrected chi connectivity index (χ1v) is 10.1. The first-order valence-electron chi connectivity index (χ1n) is 9.68. The van der Waals surface area contributed by atoms with Gasteiger partial charge in [-0.05, 0) is 54.4 Å². The molecule has 0 spiro atoms. The molecule has 0 unspecified atom stereocenters. The number of halogens is 1. The molecular weight excluding hydrogens is 398 g/mol. The van der Waals surface area contributed by atoms with Gasteiger partial charge in [0.1, 0.15) is 5.75 Å². The monoisotopic (exact) mass is 419 g/mol. The lowest BCUT2D eigenvalue weighted by atomic mass is 10.1. The summed E-state index contributed by atoms with van der Waals surface area (Å²) in [6.07, 6.45) is 1.81. The van der Waals surface area contributed by atoms with Crippen molar-refractivity contribution in [1.29, 1.82) is 0 Å². The Bertz CT molecular complexity index is 1180. The van der Waals surface area contributed by atoms with E-state index in [1.165, 1.54) is 0 Å². The van der Waals surface area contributed by atoms with Crippen LogP contribution in [-0.2, 0) is 6.54 Å². The maximum absolute atomic E-state index is 12.9. The van der Waals surface area contributed by atoms with Gasteiger partial charge in [-0.3, -0.25) is 9.48 Å². The Morgan fingerprint density at radius 2 is 1.93 bits per heavy atom. The van der Waals surface area contributed by atoms with Crippen LogP contribution in [0.15, 0.2) is 72.9 Å². The maximum Gasteiger partial charge on any atom is 0.251 e. The quantitative estimate of drug-likeness (QED) is 0.465. The molecule has 0 bridgehead atoms. The summed E-state index contributed by atoms with van der Waals surface area (Å²) in [6.45, 7) is 2.56. The van der Waals surface area contributed by atoms with E-state index in [-0.39, 0.29) is 11.9 Å². The van der Waals surface area contributed by atoms with Gasteiger partial charge >= 0.3 is 0 Å². The van der Waals surface area contributed by atoms with Crippen LogP contribution in [-0.4, -0.2) is 22.8 Å². The molecule has 0 aliphatic heterocycles. The topological polar surface area (TPSA) is 56.1 Å². The van der Waals surface area contributed by atoms with Crippen molar-refractivity contribution in [3.63, 3.8) is 0 Å². The summed E-state index contributed by atoms with van der Waals surface area (Å²) in [5, 5.41) is 9.23. The minimum absolute atomic E-state index is 0.133. The smallest absolute Gasteiger partial charge is 0.251 e. The number of nitrogens with one attached hydrogen (secondary N) is 1. The minimum atomic E-state index is -0.151. The highest BCUT2D eigenvalue weighted by Gasteiger charge is 2.14. The molecule has 4 aromatic rings. The second kappa shape index (κ2) is 8.59. The fraction of sp³-hybridized carbons (Fsp3) is 0.167. The number of nitrogens with zero attached hydrogens (tertiary/aromatic N) is 2. The number of rotatable bonds is 6. The molecule has 1 amide bonds. The van der Waals surface area contributed by atoms with Crippen molar-refractivity contribution in [3.8, 4) is 5.75 Å². The van der Waals surface area contributed by atoms with Gasteiger partial charge in [-0.1, -0.05) is 41.9 Å². The second-order valence-electron chi connectivity index (χ2n) is 7.17. The number of methoxy groups -OCH3 is 1. The zero-order valence-corrected chi connectivity index (χ0v) is 17.6. The number of fused-ring (bicyclic) bond motifs is 1. The third-order valence-corrected chi connectivity index (χ3v) is 5.35. The Balaban J connectivity index is 1.54. The van der Waals surface area contributed by atoms with Crippen molar-refractivity contribution in [3.05, 3.63) is 94.6 Å². The van der Waals surface area contributed by atoms with Gasteiger partial charge in [-0.2, -0.15) is 5.10 Å². The third-order valence-electron chi connectivity index (χ3n) is 5.09. The van der Waals surface area contributed by atoms with Crippen molar-refractivity contribution in [1.82, 2.24) is 15.1 Å². The maximum atomic E-state index is 12.9. The van der Waals surface area contributed by atoms with Crippen LogP contribution < -0.4 is 10.1 Å². The number of aromatic nitrogens is 2. The van der Waals surface area contributed by atoms with E-state index in [1.807, 2.05) is 84.5 Å². The molecule has 1 heterocycles. The molecule has 0 aliphatic carbocycles. The molecular formula is C24H22ClN3O2. The van der Waals surface area contributed by atoms with Crippen LogP contribution in [0.25, 0.3) is 10.9 Å². The molecule has 1 aromatic heterocycles. The predicted molar refractivity (Wildman–Crippen MR) is 119 cm³/mol. The van der Waals surface area contributed by atoms with Crippen molar-refractivity contribution in [2.24, 2.45) is 0 Å². The van der Waals surface area contributed by atoms with Crippen LogP contribution in [0.2, 0.25) is 5.02 Å². The van der Waals surface area contributed by atoms with E-state index in [9.17, 15) is 4.79 Å². The Morgan fingerprint density at radius 3 is 2.70 bits per heavy atom. The summed E-state index contributed by atoms with van der Waals surface area (Å²) in [6, 6.07) is 20.8. The summed E-state index contributed by atoms with van der Waals surface area (Å²) in [4.78, 5) is 12.9. The second-order valence-corrected chi connectivity index (χ2v) is 7.61. The Hall–Kier alpha value is -3.31. The summed E-state index contributed by atoms with van der Waals surface area (Å²) in [7, 11) is 1.63. The molecule has 0 aliphatic rings. The number of amides is 1. The number of carbonyl (C=O) groups is 1. The van der Waals surface area contributed by atoms with Gasteiger partial charge in [0, 0.05) is 16.0 Å². The van der Waals surface area contributed by atoms with Crippen LogP contribution in [0, 0.1) is 0 Å². The van der Waals surface area contributed by atoms with Crippen LogP contribution in [0.3, 0.4) is 0 Å². The lowest BCUT2D eigenvalue weighted by Crippen LogP contribution is -2.26. The Labute approximate surface area is 180 Å². The van der Waals surface area contributed by atoms with E-state index < -0.39 is 0 Å². The predicted octanol–water partition coefficient (Wildman–Crippen LogP) is 5.24. The average molecular weight is 420 g/mol. The van der Waals surface area contributed by atoms with Gasteiger partial charge in [0.05, 0.1) is 31.4 Å². The first kappa shape index (κ1) is 20.0. The fourth-order valence-corrected chi connectivity index (χ4v) is 3.50. The highest BCUT2D eigenvalue weighted by atomic mass is 35.5. The van der Waals surface area contributed by atoms with Crippen molar-refractivity contribution < 1.29 is 9.53 Å². The summed E-state index contributed by atoms with van der Waals surface area (Å²) in [5.41, 5.74) is 3.57. The zero-order chi connectivity index (χ0) is 21.1. The van der Waals surface area contributed by atoms with Crippen molar-refractivity contribution in [2.45, 2.75) is 19.5 Å². The summed E-state index contributed by atoms with van der Waals surface area (Å²) >= 11 is 5.97. The van der Waals surface area contributed by atoms with Crippen molar-refractivity contribution in [2.75, 3.05) is 7.11 Å². The number of hydrogen-bond acceptors (Lipinski definition) is 3. The Kier molecular flexibility index (Phi) is 5.72. The highest BCUT2D eigenvalue weighted by Crippen LogP contribution is 2.21. The van der Waals surface area contributed by atoms with Crippen molar-refractivity contribution >= 4 is 28.4 Å². The van der Waals surface area contributed by atoms with Gasteiger partial charge in [-0.25, -0.2) is 0 Å². The van der Waals surface area contributed by atoms with Crippen LogP contribution in [0.5, 0.6) is 5.75 Å². The number of hydrogen-bond donors (Lipinski definition) is 1. The van der Waals surface area contributed by atoms with Gasteiger partial charge in [-0.15, -0.1) is 0 Å². The summed E-state index contributed by atoms with van der Waals surface area (Å²) in [5.74, 6) is 0.632. The van der Waals surface area contributed by atoms with E-state index in [4.69, 9.17) is 16.3 Å². The number of benzene rings is 3. The number of ether oxygens (including phenoxy) is 1. The molecule has 5 nitrogen and oxygen atoms in total. The fourth-order valence-electron chi connectivity index (χ4n) is 3.37. The van der Waals surface area contributed by atoms with Crippen LogP contribution in [0.4, 0.5) is 0 Å². The standard InChI is InChI=1S/C24H22ClN3O2/c1-16(18-4-3-5-22(12-18)30-2)27-24(29)19-8-9-20-14-26-28(23(20)13-19)15-17-6-10-21(25)11-7-17/h3-14,16H,15H2,1-2H3,(H,27,29)/t16-/m1/s1. The molecule has 3 aromatic carbocycles. The molecule has 1 N–H and O–H groups in total. The summed E-state index contributed by atoms with van der Waals surface area (Å²) < 4.78 is 7.16. The minimum Gasteiger partial charge on any atom is -0.497 e. The molecule has 0 fully saturated rings. The van der Waals surface area contributed by atoms with E-state index >= 15 is 0 Å². The SMILES string of the molecule is COc1cccc([C@@H](C)NC(=O)c2ccc3cnn(Cc4ccc(Cl)cc4)c3c2)c1. The van der Waals surface area contributed by atoms with Crippen LogP contribution >= 0.6 is 11.6 Å². The molecule has 0 saturated carbocycles. The largest absolute Gasteiger partial charge is 0.497 e.